The van der Waals surface area contributed by atoms with Gasteiger partial charge in [-0.15, -0.1) is 22.7 Å². The van der Waals surface area contributed by atoms with Gasteiger partial charge in [-0.25, -0.2) is 0 Å². The third-order valence-corrected chi connectivity index (χ3v) is 13.8. The van der Waals surface area contributed by atoms with E-state index in [1.807, 2.05) is 0 Å². The summed E-state index contributed by atoms with van der Waals surface area (Å²) in [4.78, 5) is 3.10. The molecule has 6 rings (SSSR count). The normalized spacial score (nSPS) is 15.1. The van der Waals surface area contributed by atoms with Crippen molar-refractivity contribution < 1.29 is 0 Å². The molecule has 0 fully saturated rings. The molecule has 0 bridgehead atoms. The summed E-state index contributed by atoms with van der Waals surface area (Å²) in [6.07, 6.45) is 0. The largest absolute Gasteiger partial charge is 0.144 e. The van der Waals surface area contributed by atoms with Crippen LogP contribution >= 0.6 is 22.7 Å². The van der Waals surface area contributed by atoms with Gasteiger partial charge in [0.25, 0.3) is 0 Å². The molecule has 4 heteroatoms. The quantitative estimate of drug-likeness (QED) is 0.285. The summed E-state index contributed by atoms with van der Waals surface area (Å²) in [7, 11) is -0.940. The van der Waals surface area contributed by atoms with Crippen LogP contribution in [0.25, 0.3) is 20.9 Å². The molecule has 1 spiro atoms. The first kappa shape index (κ1) is 18.1. The maximum absolute atomic E-state index is 2.57. The van der Waals surface area contributed by atoms with Gasteiger partial charge in [0.05, 0.1) is 23.0 Å². The second-order valence-corrected chi connectivity index (χ2v) is 16.5. The summed E-state index contributed by atoms with van der Waals surface area (Å²) in [5.41, 5.74) is 8.79. The van der Waals surface area contributed by atoms with E-state index in [2.05, 4.69) is 110 Å². The van der Waals surface area contributed by atoms with Crippen LogP contribution in [0.2, 0.25) is 26.2 Å². The minimum absolute atomic E-state index is 0.115. The van der Waals surface area contributed by atoms with Crippen LogP contribution in [0.15, 0.2) is 60.7 Å². The van der Waals surface area contributed by atoms with E-state index in [9.17, 15) is 0 Å². The topological polar surface area (TPSA) is 0 Å². The maximum atomic E-state index is 2.57. The fourth-order valence-corrected chi connectivity index (χ4v) is 10.3. The molecule has 0 atom stereocenters. The molecule has 0 N–H and O–H groups in total. The molecule has 142 valence electrons. The van der Waals surface area contributed by atoms with Crippen LogP contribution in [0.4, 0.5) is 0 Å². The molecule has 2 heterocycles. The molecule has 2 aliphatic rings. The van der Waals surface area contributed by atoms with E-state index < -0.39 is 17.6 Å². The number of benzene rings is 2. The zero-order valence-electron chi connectivity index (χ0n) is 17.1. The smallest absolute Gasteiger partial charge is 0.0927 e. The highest BCUT2D eigenvalue weighted by Crippen LogP contribution is 2.64. The molecule has 2 aromatic carbocycles. The Hall–Kier alpha value is -1.73. The summed E-state index contributed by atoms with van der Waals surface area (Å²) < 4.78 is 3.22. The Morgan fingerprint density at radius 1 is 0.586 bits per heavy atom. The summed E-state index contributed by atoms with van der Waals surface area (Å²) in [6, 6.07) is 23.4. The van der Waals surface area contributed by atoms with Gasteiger partial charge in [0.15, 0.2) is 0 Å². The van der Waals surface area contributed by atoms with Gasteiger partial charge in [-0.1, -0.05) is 74.7 Å². The van der Waals surface area contributed by atoms with Gasteiger partial charge in [0.1, 0.15) is 0 Å². The molecule has 2 radical (unpaired) electrons. The Morgan fingerprint density at radius 3 is 1.41 bits per heavy atom. The Kier molecular flexibility index (Phi) is 3.83. The van der Waals surface area contributed by atoms with Crippen LogP contribution in [0, 0.1) is 0 Å². The third kappa shape index (κ3) is 2.18. The minimum Gasteiger partial charge on any atom is -0.144 e. The van der Waals surface area contributed by atoms with E-state index in [1.165, 1.54) is 22.3 Å². The van der Waals surface area contributed by atoms with Crippen molar-refractivity contribution in [2.45, 2.75) is 31.6 Å². The second-order valence-electron chi connectivity index (χ2n) is 8.55. The molecule has 0 saturated carbocycles. The first-order valence-electron chi connectivity index (χ1n) is 10.1. The van der Waals surface area contributed by atoms with Crippen molar-refractivity contribution in [1.29, 1.82) is 0 Å². The van der Waals surface area contributed by atoms with Crippen molar-refractivity contribution >= 4 is 49.3 Å². The van der Waals surface area contributed by atoms with E-state index in [1.54, 1.807) is 29.9 Å². The lowest BCUT2D eigenvalue weighted by Crippen LogP contribution is -2.28. The van der Waals surface area contributed by atoms with E-state index in [0.29, 0.717) is 0 Å². The number of thiophene rings is 2. The molecule has 2 aliphatic carbocycles. The highest BCUT2D eigenvalue weighted by atomic mass is 32.1. The van der Waals surface area contributed by atoms with Crippen molar-refractivity contribution in [2.75, 3.05) is 0 Å². The second kappa shape index (κ2) is 6.14. The first-order valence-corrected chi connectivity index (χ1v) is 16.8. The Labute approximate surface area is 184 Å². The number of hydrogen-bond donors (Lipinski definition) is 0. The molecule has 4 aromatic rings. The van der Waals surface area contributed by atoms with Crippen molar-refractivity contribution in [3.8, 4) is 20.9 Å². The monoisotopic (exact) mass is 442 g/mol. The van der Waals surface area contributed by atoms with Crippen molar-refractivity contribution in [3.05, 3.63) is 82.9 Å². The van der Waals surface area contributed by atoms with Gasteiger partial charge in [-0.2, -0.15) is 0 Å². The van der Waals surface area contributed by atoms with Crippen LogP contribution in [0.3, 0.4) is 0 Å². The summed E-state index contributed by atoms with van der Waals surface area (Å²) >= 11 is 4.15. The van der Waals surface area contributed by atoms with Crippen LogP contribution in [-0.2, 0) is 5.41 Å². The number of rotatable bonds is 2. The summed E-state index contributed by atoms with van der Waals surface area (Å²) in [5.74, 6) is 0. The van der Waals surface area contributed by atoms with Gasteiger partial charge >= 0.3 is 0 Å². The van der Waals surface area contributed by atoms with Gasteiger partial charge in [-0.3, -0.25) is 0 Å². The Balaban J connectivity index is 1.79. The molecule has 0 aliphatic heterocycles. The van der Waals surface area contributed by atoms with Gasteiger partial charge in [0.2, 0.25) is 0 Å². The zero-order chi connectivity index (χ0) is 19.9. The lowest BCUT2D eigenvalue weighted by Gasteiger charge is -2.29. The lowest BCUT2D eigenvalue weighted by molar-refractivity contribution is 0.799. The van der Waals surface area contributed by atoms with Crippen molar-refractivity contribution in [3.63, 3.8) is 0 Å². The van der Waals surface area contributed by atoms with Crippen LogP contribution in [-0.4, -0.2) is 17.6 Å². The average Bonchev–Trinajstić information content (AvgIpc) is 3.43. The van der Waals surface area contributed by atoms with Crippen molar-refractivity contribution in [2.24, 2.45) is 0 Å². The minimum atomic E-state index is -0.470. The molecule has 29 heavy (non-hydrogen) atoms. The Morgan fingerprint density at radius 2 is 1.00 bits per heavy atom. The van der Waals surface area contributed by atoms with E-state index in [0.717, 1.165) is 0 Å². The molecule has 0 amide bonds. The van der Waals surface area contributed by atoms with Gasteiger partial charge < -0.3 is 0 Å². The van der Waals surface area contributed by atoms with E-state index >= 15 is 0 Å². The fourth-order valence-electron chi connectivity index (χ4n) is 5.13. The van der Waals surface area contributed by atoms with Crippen LogP contribution in [0.5, 0.6) is 0 Å². The highest BCUT2D eigenvalue weighted by molar-refractivity contribution is 7.32. The summed E-state index contributed by atoms with van der Waals surface area (Å²) in [6.45, 7) is 9.70. The molecule has 2 aromatic heterocycles. The third-order valence-electron chi connectivity index (χ3n) is 6.42. The molecular formula is C25H22S2Si2. The molecule has 0 unspecified atom stereocenters. The van der Waals surface area contributed by atoms with Crippen LogP contribution in [0.1, 0.15) is 22.3 Å². The number of fused-ring (bicyclic) bond motifs is 10. The van der Waals surface area contributed by atoms with Crippen LogP contribution < -0.4 is 9.00 Å². The maximum Gasteiger partial charge on any atom is 0.0927 e. The molecule has 0 saturated heterocycles. The fraction of sp³-hybridized carbons (Fsp3) is 0.200. The average molecular weight is 443 g/mol. The zero-order valence-corrected chi connectivity index (χ0v) is 20.7. The first-order chi connectivity index (χ1) is 14.0. The SMILES string of the molecule is C[Si](C)c1cc2c(s1)-c1sc([Si](C)C)cc1C21c2ccccc2-c2ccccc21. The Bertz CT molecular complexity index is 1180. The summed E-state index contributed by atoms with van der Waals surface area (Å²) in [5, 5.41) is 0. The van der Waals surface area contributed by atoms with Crippen molar-refractivity contribution in [1.82, 2.24) is 0 Å². The van der Waals surface area contributed by atoms with E-state index in [-0.39, 0.29) is 5.41 Å². The number of hydrogen-bond acceptors (Lipinski definition) is 2. The molecular weight excluding hydrogens is 421 g/mol. The van der Waals surface area contributed by atoms with Gasteiger partial charge in [0, 0.05) is 9.75 Å². The van der Waals surface area contributed by atoms with Gasteiger partial charge in [-0.05, 0) is 54.5 Å². The highest BCUT2D eigenvalue weighted by Gasteiger charge is 2.53. The molecule has 0 nitrogen and oxygen atoms in total. The predicted molar refractivity (Wildman–Crippen MR) is 133 cm³/mol. The van der Waals surface area contributed by atoms with E-state index in [4.69, 9.17) is 0 Å². The predicted octanol–water partition coefficient (Wildman–Crippen LogP) is 6.08. The standard InChI is InChI=1S/C25H22S2Si2/c1-28(2)21-13-19-23(26-21)24-20(14-22(27-24)29(3)4)25(19)17-11-7-5-9-15(17)16-10-6-8-12-18(16)25/h5-14H,1-4H3. The lowest BCUT2D eigenvalue weighted by atomic mass is 9.71.